The number of carbonyl (C=O) groups is 1. The second kappa shape index (κ2) is 4.08. The second-order valence-electron chi connectivity index (χ2n) is 4.30. The van der Waals surface area contributed by atoms with E-state index in [1.807, 2.05) is 25.1 Å². The molecule has 2 aromatic rings. The largest absolute Gasteiger partial charge is 0.481 e. The molecular formula is C12H14N2O3. The van der Waals surface area contributed by atoms with Crippen molar-refractivity contribution in [1.82, 2.24) is 9.55 Å². The van der Waals surface area contributed by atoms with Crippen LogP contribution in [0.2, 0.25) is 0 Å². The predicted octanol–water partition coefficient (Wildman–Crippen LogP) is 1.36. The number of rotatable bonds is 3. The van der Waals surface area contributed by atoms with Crippen LogP contribution in [0.1, 0.15) is 12.5 Å². The Morgan fingerprint density at radius 1 is 1.53 bits per heavy atom. The van der Waals surface area contributed by atoms with Gasteiger partial charge in [-0.1, -0.05) is 13.0 Å². The van der Waals surface area contributed by atoms with Crippen LogP contribution in [0, 0.1) is 12.8 Å². The van der Waals surface area contributed by atoms with E-state index in [4.69, 9.17) is 5.11 Å². The highest BCUT2D eigenvalue weighted by Crippen LogP contribution is 2.13. The van der Waals surface area contributed by atoms with Gasteiger partial charge in [0, 0.05) is 6.54 Å². The van der Waals surface area contributed by atoms with Crippen LogP contribution in [0.25, 0.3) is 11.0 Å². The van der Waals surface area contributed by atoms with E-state index >= 15 is 0 Å². The van der Waals surface area contributed by atoms with Crippen LogP contribution in [0.4, 0.5) is 0 Å². The maximum Gasteiger partial charge on any atom is 0.326 e. The number of hydrogen-bond donors (Lipinski definition) is 2. The quantitative estimate of drug-likeness (QED) is 0.842. The van der Waals surface area contributed by atoms with Crippen molar-refractivity contribution in [2.24, 2.45) is 5.92 Å². The molecule has 2 N–H and O–H groups in total. The Labute approximate surface area is 97.7 Å². The Morgan fingerprint density at radius 3 is 2.88 bits per heavy atom. The highest BCUT2D eigenvalue weighted by Gasteiger charge is 2.15. The molecule has 0 aliphatic heterocycles. The van der Waals surface area contributed by atoms with Crippen molar-refractivity contribution in [1.29, 1.82) is 0 Å². The van der Waals surface area contributed by atoms with Crippen molar-refractivity contribution in [3.63, 3.8) is 0 Å². The number of fused-ring (bicyclic) bond motifs is 1. The lowest BCUT2D eigenvalue weighted by Gasteiger charge is -2.07. The summed E-state index contributed by atoms with van der Waals surface area (Å²) in [4.78, 5) is 25.3. The number of aryl methyl sites for hydroxylation is 1. The fourth-order valence-corrected chi connectivity index (χ4v) is 1.81. The third-order valence-corrected chi connectivity index (χ3v) is 2.81. The lowest BCUT2D eigenvalue weighted by atomic mass is 10.2. The third-order valence-electron chi connectivity index (χ3n) is 2.81. The fraction of sp³-hybridized carbons (Fsp3) is 0.333. The minimum Gasteiger partial charge on any atom is -0.481 e. The van der Waals surface area contributed by atoms with Crippen LogP contribution >= 0.6 is 0 Å². The average molecular weight is 234 g/mol. The normalized spacial score (nSPS) is 12.8. The molecule has 0 aliphatic rings. The molecule has 1 heterocycles. The number of imidazole rings is 1. The van der Waals surface area contributed by atoms with Gasteiger partial charge in [-0.15, -0.1) is 0 Å². The van der Waals surface area contributed by atoms with Crippen molar-refractivity contribution in [2.45, 2.75) is 20.4 Å². The predicted molar refractivity (Wildman–Crippen MR) is 64.1 cm³/mol. The van der Waals surface area contributed by atoms with E-state index in [-0.39, 0.29) is 12.2 Å². The highest BCUT2D eigenvalue weighted by atomic mass is 16.4. The minimum atomic E-state index is -0.904. The summed E-state index contributed by atoms with van der Waals surface area (Å²) in [5.41, 5.74) is 2.28. The Hall–Kier alpha value is -2.04. The minimum absolute atomic E-state index is 0.178. The number of carboxylic acid groups (broad SMARTS) is 1. The van der Waals surface area contributed by atoms with Crippen molar-refractivity contribution < 1.29 is 9.90 Å². The Kier molecular flexibility index (Phi) is 2.75. The number of aliphatic carboxylic acids is 1. The van der Waals surface area contributed by atoms with Gasteiger partial charge in [-0.2, -0.15) is 0 Å². The van der Waals surface area contributed by atoms with Crippen molar-refractivity contribution in [3.8, 4) is 0 Å². The SMILES string of the molecule is Cc1ccc2c(c1)[nH]c(=O)n2CC(C)C(=O)O. The molecule has 0 amide bonds. The van der Waals surface area contributed by atoms with Gasteiger partial charge in [-0.3, -0.25) is 9.36 Å². The first-order chi connectivity index (χ1) is 7.99. The first-order valence-corrected chi connectivity index (χ1v) is 5.41. The number of aromatic nitrogens is 2. The summed E-state index contributed by atoms with van der Waals surface area (Å²) in [7, 11) is 0. The van der Waals surface area contributed by atoms with Gasteiger partial charge in [-0.05, 0) is 24.6 Å². The summed E-state index contributed by atoms with van der Waals surface area (Å²) in [6.07, 6.45) is 0. The first kappa shape index (κ1) is 11.4. The molecule has 0 saturated heterocycles. The van der Waals surface area contributed by atoms with Gasteiger partial charge in [0.25, 0.3) is 0 Å². The van der Waals surface area contributed by atoms with Crippen LogP contribution < -0.4 is 5.69 Å². The Morgan fingerprint density at radius 2 is 2.24 bits per heavy atom. The zero-order valence-corrected chi connectivity index (χ0v) is 9.73. The van der Waals surface area contributed by atoms with Crippen LogP contribution in [0.5, 0.6) is 0 Å². The van der Waals surface area contributed by atoms with Crippen LogP contribution in [-0.2, 0) is 11.3 Å². The molecule has 0 fully saturated rings. The number of nitrogens with zero attached hydrogens (tertiary/aromatic N) is 1. The van der Waals surface area contributed by atoms with Gasteiger partial charge in [0.1, 0.15) is 0 Å². The van der Waals surface area contributed by atoms with E-state index in [1.165, 1.54) is 4.57 Å². The lowest BCUT2D eigenvalue weighted by molar-refractivity contribution is -0.141. The van der Waals surface area contributed by atoms with Gasteiger partial charge in [0.15, 0.2) is 0 Å². The lowest BCUT2D eigenvalue weighted by Crippen LogP contribution is -2.24. The summed E-state index contributed by atoms with van der Waals surface area (Å²) < 4.78 is 1.47. The van der Waals surface area contributed by atoms with Crippen LogP contribution in [0.3, 0.4) is 0 Å². The molecule has 1 aromatic carbocycles. The highest BCUT2D eigenvalue weighted by molar-refractivity contribution is 5.76. The molecule has 1 unspecified atom stereocenters. The summed E-state index contributed by atoms with van der Waals surface area (Å²) in [5.74, 6) is -1.49. The Balaban J connectivity index is 2.50. The molecular weight excluding hydrogens is 220 g/mol. The first-order valence-electron chi connectivity index (χ1n) is 5.41. The van der Waals surface area contributed by atoms with Gasteiger partial charge < -0.3 is 10.1 Å². The standard InChI is InChI=1S/C12H14N2O3/c1-7-3-4-10-9(5-7)13-12(17)14(10)6-8(2)11(15)16/h3-5,8H,6H2,1-2H3,(H,13,17)(H,15,16). The molecule has 5 nitrogen and oxygen atoms in total. The third kappa shape index (κ3) is 2.08. The molecule has 0 saturated carbocycles. The van der Waals surface area contributed by atoms with E-state index in [0.29, 0.717) is 0 Å². The molecule has 0 radical (unpaired) electrons. The molecule has 0 bridgehead atoms. The number of aromatic amines is 1. The van der Waals surface area contributed by atoms with Gasteiger partial charge in [-0.25, -0.2) is 4.79 Å². The summed E-state index contributed by atoms with van der Waals surface area (Å²) in [5, 5.41) is 8.86. The maximum absolute atomic E-state index is 11.7. The number of benzene rings is 1. The van der Waals surface area contributed by atoms with E-state index < -0.39 is 11.9 Å². The molecule has 90 valence electrons. The number of hydrogen-bond acceptors (Lipinski definition) is 2. The van der Waals surface area contributed by atoms with E-state index in [9.17, 15) is 9.59 Å². The number of carboxylic acids is 1. The number of H-pyrrole nitrogens is 1. The molecule has 1 aromatic heterocycles. The molecule has 5 heteroatoms. The van der Waals surface area contributed by atoms with Crippen LogP contribution in [0.15, 0.2) is 23.0 Å². The molecule has 0 spiro atoms. The van der Waals surface area contributed by atoms with E-state index in [2.05, 4.69) is 4.98 Å². The average Bonchev–Trinajstić information content (AvgIpc) is 2.54. The van der Waals surface area contributed by atoms with Crippen molar-refractivity contribution >= 4 is 17.0 Å². The van der Waals surface area contributed by atoms with Gasteiger partial charge in [0.05, 0.1) is 17.0 Å². The van der Waals surface area contributed by atoms with Crippen molar-refractivity contribution in [2.75, 3.05) is 0 Å². The van der Waals surface area contributed by atoms with Crippen LogP contribution in [-0.4, -0.2) is 20.6 Å². The summed E-state index contributed by atoms with van der Waals surface area (Å²) in [6.45, 7) is 3.70. The monoisotopic (exact) mass is 234 g/mol. The fourth-order valence-electron chi connectivity index (χ4n) is 1.81. The van der Waals surface area contributed by atoms with Gasteiger partial charge in [0.2, 0.25) is 0 Å². The van der Waals surface area contributed by atoms with Gasteiger partial charge >= 0.3 is 11.7 Å². The smallest absolute Gasteiger partial charge is 0.326 e. The molecule has 1 atom stereocenters. The molecule has 17 heavy (non-hydrogen) atoms. The zero-order chi connectivity index (χ0) is 12.6. The molecule has 2 rings (SSSR count). The summed E-state index contributed by atoms with van der Waals surface area (Å²) in [6, 6.07) is 5.60. The zero-order valence-electron chi connectivity index (χ0n) is 9.73. The summed E-state index contributed by atoms with van der Waals surface area (Å²) >= 11 is 0. The topological polar surface area (TPSA) is 75.1 Å². The maximum atomic E-state index is 11.7. The van der Waals surface area contributed by atoms with Crippen molar-refractivity contribution in [3.05, 3.63) is 34.2 Å². The van der Waals surface area contributed by atoms with E-state index in [1.54, 1.807) is 6.92 Å². The van der Waals surface area contributed by atoms with E-state index in [0.717, 1.165) is 16.6 Å². The molecule has 0 aliphatic carbocycles. The Bertz CT molecular complexity index is 624. The second-order valence-corrected chi connectivity index (χ2v) is 4.30. The number of nitrogens with one attached hydrogen (secondary N) is 1.